The van der Waals surface area contributed by atoms with Gasteiger partial charge in [-0.3, -0.25) is 29.7 Å². The molecule has 23 heavy (non-hydrogen) atoms. The van der Waals surface area contributed by atoms with Crippen molar-refractivity contribution in [3.05, 3.63) is 50.3 Å². The van der Waals surface area contributed by atoms with E-state index in [1.165, 1.54) is 6.92 Å². The molecule has 0 spiro atoms. The Morgan fingerprint density at radius 3 is 2.61 bits per heavy atom. The SMILES string of the molecule is Cc1c([N+](=O)[O-])cnn1CC(=O)Nc1cc([N+](=O)[O-])ccc1O. The summed E-state index contributed by atoms with van der Waals surface area (Å²) in [6.45, 7) is 1.09. The van der Waals surface area contributed by atoms with Crippen molar-refractivity contribution < 1.29 is 19.7 Å². The Kier molecular flexibility index (Phi) is 4.21. The van der Waals surface area contributed by atoms with E-state index in [2.05, 4.69) is 10.4 Å². The molecule has 1 amide bonds. The Hall–Kier alpha value is -3.50. The second-order valence-corrected chi connectivity index (χ2v) is 4.54. The number of carbonyl (C=O) groups excluding carboxylic acids is 1. The first-order valence-corrected chi connectivity index (χ1v) is 6.23. The molecule has 2 rings (SSSR count). The lowest BCUT2D eigenvalue weighted by Crippen LogP contribution is -2.20. The fourth-order valence-electron chi connectivity index (χ4n) is 1.84. The molecule has 0 aliphatic heterocycles. The molecule has 0 aliphatic rings. The van der Waals surface area contributed by atoms with Gasteiger partial charge in [-0.1, -0.05) is 0 Å². The van der Waals surface area contributed by atoms with Crippen molar-refractivity contribution in [1.82, 2.24) is 9.78 Å². The van der Waals surface area contributed by atoms with Crippen molar-refractivity contribution in [3.8, 4) is 5.75 Å². The number of nitrogens with one attached hydrogen (secondary N) is 1. The third-order valence-electron chi connectivity index (χ3n) is 3.03. The van der Waals surface area contributed by atoms with E-state index in [-0.39, 0.29) is 35.1 Å². The van der Waals surface area contributed by atoms with Gasteiger partial charge in [-0.2, -0.15) is 5.10 Å². The first kappa shape index (κ1) is 15.9. The number of non-ortho nitro benzene ring substituents is 1. The Morgan fingerprint density at radius 1 is 1.35 bits per heavy atom. The van der Waals surface area contributed by atoms with Gasteiger partial charge in [0.15, 0.2) is 0 Å². The summed E-state index contributed by atoms with van der Waals surface area (Å²) in [5.41, 5.74) is -0.475. The minimum atomic E-state index is -0.671. The number of phenolic OH excluding ortho intramolecular Hbond substituents is 1. The molecule has 0 fully saturated rings. The zero-order valence-corrected chi connectivity index (χ0v) is 11.8. The Labute approximate surface area is 128 Å². The second-order valence-electron chi connectivity index (χ2n) is 4.54. The van der Waals surface area contributed by atoms with Crippen LogP contribution in [0.2, 0.25) is 0 Å². The molecule has 0 unspecified atom stereocenters. The highest BCUT2D eigenvalue weighted by Gasteiger charge is 2.19. The lowest BCUT2D eigenvalue weighted by Gasteiger charge is -2.08. The summed E-state index contributed by atoms with van der Waals surface area (Å²) in [7, 11) is 0. The van der Waals surface area contributed by atoms with Gasteiger partial charge in [-0.05, 0) is 13.0 Å². The van der Waals surface area contributed by atoms with Gasteiger partial charge >= 0.3 is 5.69 Å². The number of amides is 1. The van der Waals surface area contributed by atoms with Crippen LogP contribution in [0.4, 0.5) is 17.1 Å². The van der Waals surface area contributed by atoms with Crippen LogP contribution in [0.3, 0.4) is 0 Å². The molecule has 120 valence electrons. The molecule has 0 radical (unpaired) electrons. The molecule has 11 nitrogen and oxygen atoms in total. The monoisotopic (exact) mass is 321 g/mol. The van der Waals surface area contributed by atoms with Crippen LogP contribution in [0.25, 0.3) is 0 Å². The number of nitro benzene ring substituents is 1. The highest BCUT2D eigenvalue weighted by Crippen LogP contribution is 2.27. The maximum Gasteiger partial charge on any atom is 0.309 e. The van der Waals surface area contributed by atoms with Crippen molar-refractivity contribution >= 4 is 23.0 Å². The van der Waals surface area contributed by atoms with E-state index in [9.17, 15) is 30.1 Å². The number of hydrogen-bond acceptors (Lipinski definition) is 7. The fraction of sp³-hybridized carbons (Fsp3) is 0.167. The van der Waals surface area contributed by atoms with Gasteiger partial charge in [0, 0.05) is 12.1 Å². The van der Waals surface area contributed by atoms with Crippen molar-refractivity contribution in [2.75, 3.05) is 5.32 Å². The van der Waals surface area contributed by atoms with Crippen LogP contribution >= 0.6 is 0 Å². The van der Waals surface area contributed by atoms with Crippen LogP contribution in [0.1, 0.15) is 5.69 Å². The van der Waals surface area contributed by atoms with Crippen molar-refractivity contribution in [2.24, 2.45) is 0 Å². The van der Waals surface area contributed by atoms with Gasteiger partial charge in [-0.15, -0.1) is 0 Å². The molecule has 2 aromatic rings. The molecule has 0 atom stereocenters. The summed E-state index contributed by atoms with van der Waals surface area (Å²) in [6.07, 6.45) is 1.02. The lowest BCUT2D eigenvalue weighted by atomic mass is 10.2. The minimum Gasteiger partial charge on any atom is -0.506 e. The predicted molar refractivity (Wildman–Crippen MR) is 77.0 cm³/mol. The first-order valence-electron chi connectivity index (χ1n) is 6.23. The fourth-order valence-corrected chi connectivity index (χ4v) is 1.84. The van der Waals surface area contributed by atoms with Crippen LogP contribution in [-0.4, -0.2) is 30.6 Å². The van der Waals surface area contributed by atoms with E-state index in [0.717, 1.165) is 29.1 Å². The molecule has 0 aliphatic carbocycles. The van der Waals surface area contributed by atoms with Crippen LogP contribution < -0.4 is 5.32 Å². The van der Waals surface area contributed by atoms with Crippen LogP contribution in [0.15, 0.2) is 24.4 Å². The minimum absolute atomic E-state index is 0.136. The summed E-state index contributed by atoms with van der Waals surface area (Å²) >= 11 is 0. The van der Waals surface area contributed by atoms with Gasteiger partial charge in [-0.25, -0.2) is 0 Å². The molecule has 1 heterocycles. The first-order chi connectivity index (χ1) is 10.8. The van der Waals surface area contributed by atoms with Crippen molar-refractivity contribution in [2.45, 2.75) is 13.5 Å². The van der Waals surface area contributed by atoms with Crippen molar-refractivity contribution in [3.63, 3.8) is 0 Å². The molecule has 0 bridgehead atoms. The van der Waals surface area contributed by atoms with E-state index in [4.69, 9.17) is 0 Å². The van der Waals surface area contributed by atoms with Crippen molar-refractivity contribution in [1.29, 1.82) is 0 Å². The molecule has 1 aromatic carbocycles. The Bertz CT molecular complexity index is 799. The lowest BCUT2D eigenvalue weighted by molar-refractivity contribution is -0.385. The van der Waals surface area contributed by atoms with Gasteiger partial charge in [0.1, 0.15) is 24.2 Å². The Balaban J connectivity index is 2.15. The smallest absolute Gasteiger partial charge is 0.309 e. The predicted octanol–water partition coefficient (Wildman–Crippen LogP) is 1.35. The highest BCUT2D eigenvalue weighted by atomic mass is 16.6. The van der Waals surface area contributed by atoms with Gasteiger partial charge in [0.05, 0.1) is 15.5 Å². The molecular formula is C12H11N5O6. The average Bonchev–Trinajstić information content (AvgIpc) is 2.82. The normalized spacial score (nSPS) is 10.3. The van der Waals surface area contributed by atoms with Gasteiger partial charge < -0.3 is 10.4 Å². The molecule has 1 aromatic heterocycles. The number of anilines is 1. The number of benzene rings is 1. The maximum absolute atomic E-state index is 11.9. The molecular weight excluding hydrogens is 310 g/mol. The largest absolute Gasteiger partial charge is 0.506 e. The Morgan fingerprint density at radius 2 is 2.04 bits per heavy atom. The van der Waals surface area contributed by atoms with Crippen LogP contribution in [-0.2, 0) is 11.3 Å². The van der Waals surface area contributed by atoms with E-state index in [1.807, 2.05) is 0 Å². The highest BCUT2D eigenvalue weighted by molar-refractivity contribution is 5.92. The average molecular weight is 321 g/mol. The molecule has 11 heteroatoms. The number of aromatic hydroxyl groups is 1. The summed E-state index contributed by atoms with van der Waals surface area (Å²) < 4.78 is 1.11. The van der Waals surface area contributed by atoms with Gasteiger partial charge in [0.25, 0.3) is 5.69 Å². The van der Waals surface area contributed by atoms with E-state index >= 15 is 0 Å². The standard InChI is InChI=1S/C12H11N5O6/c1-7-10(17(22)23)5-13-15(7)6-12(19)14-9-4-8(16(20)21)2-3-11(9)18/h2-5,18H,6H2,1H3,(H,14,19). The number of carbonyl (C=O) groups is 1. The summed E-state index contributed by atoms with van der Waals surface area (Å²) in [5.74, 6) is -0.992. The number of aromatic nitrogens is 2. The third-order valence-corrected chi connectivity index (χ3v) is 3.03. The van der Waals surface area contributed by atoms with E-state index in [1.54, 1.807) is 0 Å². The zero-order valence-electron chi connectivity index (χ0n) is 11.8. The number of nitrogens with zero attached hydrogens (tertiary/aromatic N) is 4. The number of phenols is 1. The molecule has 0 saturated heterocycles. The number of rotatable bonds is 5. The summed E-state index contributed by atoms with van der Waals surface area (Å²) in [5, 5.41) is 37.0. The molecule has 2 N–H and O–H groups in total. The number of nitro groups is 2. The van der Waals surface area contributed by atoms with Crippen LogP contribution in [0, 0.1) is 27.2 Å². The quantitative estimate of drug-likeness (QED) is 0.478. The third kappa shape index (κ3) is 3.40. The van der Waals surface area contributed by atoms with Gasteiger partial charge in [0.2, 0.25) is 5.91 Å². The van der Waals surface area contributed by atoms with E-state index < -0.39 is 15.8 Å². The maximum atomic E-state index is 11.9. The summed E-state index contributed by atoms with van der Waals surface area (Å²) in [4.78, 5) is 32.0. The second kappa shape index (κ2) is 6.09. The van der Waals surface area contributed by atoms with E-state index in [0.29, 0.717) is 0 Å². The summed E-state index contributed by atoms with van der Waals surface area (Å²) in [6, 6.07) is 3.18. The van der Waals surface area contributed by atoms with Crippen LogP contribution in [0.5, 0.6) is 5.75 Å². The zero-order chi connectivity index (χ0) is 17.1. The molecule has 0 saturated carbocycles. The number of hydrogen-bond donors (Lipinski definition) is 2. The topological polar surface area (TPSA) is 153 Å².